The molecule has 1 amide bonds. The first-order valence-electron chi connectivity index (χ1n) is 7.38. The third-order valence-corrected chi connectivity index (χ3v) is 4.69. The van der Waals surface area contributed by atoms with E-state index < -0.39 is 0 Å². The minimum absolute atomic E-state index is 0.0393. The Labute approximate surface area is 128 Å². The first-order chi connectivity index (χ1) is 10.3. The van der Waals surface area contributed by atoms with E-state index in [1.165, 1.54) is 24.2 Å². The Kier molecular flexibility index (Phi) is 4.59. The Bertz CT molecular complexity index is 568. The average Bonchev–Trinajstić information content (AvgIpc) is 3.03. The number of nitrogens with one attached hydrogen (secondary N) is 1. The summed E-state index contributed by atoms with van der Waals surface area (Å²) >= 11 is 1.46. The number of hydrogen-bond acceptors (Lipinski definition) is 4. The van der Waals surface area contributed by atoms with E-state index >= 15 is 0 Å². The van der Waals surface area contributed by atoms with Crippen molar-refractivity contribution < 1.29 is 14.6 Å². The molecule has 0 aromatic carbocycles. The minimum Gasteiger partial charge on any atom is -0.395 e. The van der Waals surface area contributed by atoms with Gasteiger partial charge in [-0.2, -0.15) is 0 Å². The number of aliphatic hydroxyl groups excluding tert-OH is 1. The van der Waals surface area contributed by atoms with Gasteiger partial charge >= 0.3 is 0 Å². The monoisotopic (exact) mass is 305 g/mol. The van der Waals surface area contributed by atoms with Gasteiger partial charge in [-0.15, -0.1) is 11.3 Å². The lowest BCUT2D eigenvalue weighted by Crippen LogP contribution is -2.41. The molecular weight excluding hydrogens is 286 g/mol. The zero-order valence-corrected chi connectivity index (χ0v) is 12.6. The third kappa shape index (κ3) is 3.65. The second-order valence-corrected chi connectivity index (χ2v) is 6.43. The number of carbonyl (C=O) groups excluding carboxylic acids is 1. The van der Waals surface area contributed by atoms with Crippen LogP contribution in [0.1, 0.15) is 40.9 Å². The highest BCUT2D eigenvalue weighted by Gasteiger charge is 2.41. The van der Waals surface area contributed by atoms with Crippen LogP contribution in [0.3, 0.4) is 0 Å². The van der Waals surface area contributed by atoms with Crippen LogP contribution < -0.4 is 5.32 Å². The van der Waals surface area contributed by atoms with Crippen LogP contribution >= 0.6 is 11.3 Å². The van der Waals surface area contributed by atoms with E-state index in [9.17, 15) is 4.79 Å². The lowest BCUT2D eigenvalue weighted by Gasteiger charge is -2.19. The lowest BCUT2D eigenvalue weighted by atomic mass is 10.1. The molecule has 4 nitrogen and oxygen atoms in total. The minimum atomic E-state index is -0.0393. The van der Waals surface area contributed by atoms with Crippen molar-refractivity contribution in [2.24, 2.45) is 5.92 Å². The molecule has 2 heterocycles. The van der Waals surface area contributed by atoms with E-state index in [1.54, 1.807) is 0 Å². The molecule has 1 aromatic heterocycles. The Balaban J connectivity index is 1.59. The number of carbonyl (C=O) groups is 1. The van der Waals surface area contributed by atoms with E-state index in [2.05, 4.69) is 17.2 Å². The zero-order valence-electron chi connectivity index (χ0n) is 11.8. The molecule has 5 heteroatoms. The molecule has 0 radical (unpaired) electrons. The molecule has 2 atom stereocenters. The molecule has 1 aromatic rings. The van der Waals surface area contributed by atoms with E-state index in [4.69, 9.17) is 9.84 Å². The molecule has 0 bridgehead atoms. The van der Waals surface area contributed by atoms with Gasteiger partial charge < -0.3 is 15.2 Å². The second kappa shape index (κ2) is 6.61. The molecule has 2 N–H and O–H groups in total. The van der Waals surface area contributed by atoms with Gasteiger partial charge in [0.15, 0.2) is 0 Å². The van der Waals surface area contributed by atoms with Crippen molar-refractivity contribution in [3.63, 3.8) is 0 Å². The summed E-state index contributed by atoms with van der Waals surface area (Å²) in [6, 6.07) is 1.96. The van der Waals surface area contributed by atoms with Crippen molar-refractivity contribution >= 4 is 17.2 Å². The number of amides is 1. The Morgan fingerprint density at radius 3 is 3.10 bits per heavy atom. The predicted molar refractivity (Wildman–Crippen MR) is 81.2 cm³/mol. The Morgan fingerprint density at radius 1 is 1.48 bits per heavy atom. The first kappa shape index (κ1) is 14.6. The van der Waals surface area contributed by atoms with Crippen LogP contribution in [0, 0.1) is 17.8 Å². The largest absolute Gasteiger partial charge is 0.395 e. The van der Waals surface area contributed by atoms with E-state index in [0.29, 0.717) is 17.9 Å². The highest BCUT2D eigenvalue weighted by molar-refractivity contribution is 7.10. The molecule has 1 saturated heterocycles. The molecule has 1 aliphatic heterocycles. The fourth-order valence-electron chi connectivity index (χ4n) is 2.63. The maximum atomic E-state index is 12.3. The molecule has 21 heavy (non-hydrogen) atoms. The summed E-state index contributed by atoms with van der Waals surface area (Å²) < 4.78 is 5.74. The molecule has 2 fully saturated rings. The van der Waals surface area contributed by atoms with Crippen molar-refractivity contribution in [1.82, 2.24) is 5.32 Å². The van der Waals surface area contributed by atoms with E-state index in [-0.39, 0.29) is 24.7 Å². The maximum absolute atomic E-state index is 12.3. The van der Waals surface area contributed by atoms with Crippen LogP contribution in [0.4, 0.5) is 0 Å². The van der Waals surface area contributed by atoms with Crippen LogP contribution in [-0.4, -0.2) is 36.4 Å². The summed E-state index contributed by atoms with van der Waals surface area (Å²) in [4.78, 5) is 13.1. The van der Waals surface area contributed by atoms with Gasteiger partial charge in [0.05, 0.1) is 29.2 Å². The highest BCUT2D eigenvalue weighted by Crippen LogP contribution is 2.38. The Hall–Kier alpha value is -1.35. The van der Waals surface area contributed by atoms with Gasteiger partial charge in [-0.05, 0) is 31.2 Å². The topological polar surface area (TPSA) is 58.6 Å². The molecule has 0 spiro atoms. The van der Waals surface area contributed by atoms with Gasteiger partial charge in [-0.3, -0.25) is 4.79 Å². The van der Waals surface area contributed by atoms with E-state index in [1.807, 2.05) is 11.4 Å². The molecular formula is C16H19NO3S. The molecule has 112 valence electrons. The standard InChI is InChI=1S/C16H19NO3S/c18-7-2-1-3-13-9-12(10-21-13)16(19)17-14-6-8-20-15(14)11-4-5-11/h9-11,14-15,18H,2,4-8H2,(H,17,19). The van der Waals surface area contributed by atoms with Crippen LogP contribution in [0.15, 0.2) is 11.4 Å². The molecule has 2 unspecified atom stereocenters. The third-order valence-electron chi connectivity index (χ3n) is 3.85. The van der Waals surface area contributed by atoms with Gasteiger partial charge in [0.1, 0.15) is 0 Å². The van der Waals surface area contributed by atoms with Gasteiger partial charge in [-0.25, -0.2) is 0 Å². The fraction of sp³-hybridized carbons (Fsp3) is 0.562. The summed E-state index contributed by atoms with van der Waals surface area (Å²) in [7, 11) is 0. The fourth-order valence-corrected chi connectivity index (χ4v) is 3.39. The predicted octanol–water partition coefficient (Wildman–Crippen LogP) is 1.78. The number of ether oxygens (including phenoxy) is 1. The van der Waals surface area contributed by atoms with Gasteiger partial charge in [-0.1, -0.05) is 11.8 Å². The number of aliphatic hydroxyl groups is 1. The van der Waals surface area contributed by atoms with Gasteiger partial charge in [0.2, 0.25) is 0 Å². The number of thiophene rings is 1. The van der Waals surface area contributed by atoms with Crippen molar-refractivity contribution in [2.75, 3.05) is 13.2 Å². The van der Waals surface area contributed by atoms with Crippen LogP contribution in [0.2, 0.25) is 0 Å². The quantitative estimate of drug-likeness (QED) is 0.834. The highest BCUT2D eigenvalue weighted by atomic mass is 32.1. The Morgan fingerprint density at radius 2 is 2.33 bits per heavy atom. The summed E-state index contributed by atoms with van der Waals surface area (Å²) in [6.45, 7) is 0.809. The van der Waals surface area contributed by atoms with Crippen LogP contribution in [-0.2, 0) is 4.74 Å². The summed E-state index contributed by atoms with van der Waals surface area (Å²) in [5.74, 6) is 6.42. The SMILES string of the molecule is O=C(NC1CCOC1C1CC1)c1csc(C#CCCO)c1. The van der Waals surface area contributed by atoms with Crippen LogP contribution in [0.5, 0.6) is 0 Å². The molecule has 1 saturated carbocycles. The molecule has 1 aliphatic carbocycles. The second-order valence-electron chi connectivity index (χ2n) is 5.52. The smallest absolute Gasteiger partial charge is 0.252 e. The summed E-state index contributed by atoms with van der Waals surface area (Å²) in [5.41, 5.74) is 0.662. The van der Waals surface area contributed by atoms with Crippen molar-refractivity contribution in [3.8, 4) is 11.8 Å². The summed E-state index contributed by atoms with van der Waals surface area (Å²) in [6.07, 6.45) is 4.01. The van der Waals surface area contributed by atoms with Crippen molar-refractivity contribution in [1.29, 1.82) is 0 Å². The first-order valence-corrected chi connectivity index (χ1v) is 8.26. The lowest BCUT2D eigenvalue weighted by molar-refractivity contribution is 0.0730. The van der Waals surface area contributed by atoms with Crippen molar-refractivity contribution in [2.45, 2.75) is 37.8 Å². The van der Waals surface area contributed by atoms with Crippen LogP contribution in [0.25, 0.3) is 0 Å². The number of hydrogen-bond donors (Lipinski definition) is 2. The van der Waals surface area contributed by atoms with Gasteiger partial charge in [0.25, 0.3) is 5.91 Å². The molecule has 2 aliphatic rings. The van der Waals surface area contributed by atoms with Crippen molar-refractivity contribution in [3.05, 3.63) is 21.9 Å². The summed E-state index contributed by atoms with van der Waals surface area (Å²) in [5, 5.41) is 13.6. The molecule has 3 rings (SSSR count). The maximum Gasteiger partial charge on any atom is 0.252 e. The van der Waals surface area contributed by atoms with E-state index in [0.717, 1.165) is 17.9 Å². The average molecular weight is 305 g/mol. The number of rotatable bonds is 4. The van der Waals surface area contributed by atoms with Gasteiger partial charge in [0, 0.05) is 18.4 Å². The zero-order chi connectivity index (χ0) is 14.7. The normalized spacial score (nSPS) is 24.4.